The first kappa shape index (κ1) is 16.5. The molecule has 128 valence electrons. The summed E-state index contributed by atoms with van der Waals surface area (Å²) in [5.74, 6) is -0.105. The van der Waals surface area contributed by atoms with Crippen LogP contribution in [-0.2, 0) is 14.4 Å². The number of amides is 2. The molecule has 0 bridgehead atoms. The number of hydrogen-bond acceptors (Lipinski definition) is 4. The topological polar surface area (TPSA) is 71.0 Å². The molecule has 1 atom stereocenters. The van der Waals surface area contributed by atoms with Gasteiger partial charge in [-0.1, -0.05) is 35.0 Å². The van der Waals surface area contributed by atoms with Gasteiger partial charge in [-0.15, -0.1) is 0 Å². The second-order valence-corrected chi connectivity index (χ2v) is 6.33. The number of nitrogens with one attached hydrogen (secondary N) is 1. The van der Waals surface area contributed by atoms with E-state index in [2.05, 4.69) is 10.5 Å². The van der Waals surface area contributed by atoms with Crippen molar-refractivity contribution >= 4 is 17.5 Å². The van der Waals surface area contributed by atoms with Gasteiger partial charge in [-0.25, -0.2) is 0 Å². The van der Waals surface area contributed by atoms with Gasteiger partial charge >= 0.3 is 0 Å². The predicted molar refractivity (Wildman–Crippen MR) is 90.6 cm³/mol. The molecular formula is C18H23N3O3. The molecule has 2 heterocycles. The molecule has 1 N–H and O–H groups in total. The highest BCUT2D eigenvalue weighted by Crippen LogP contribution is 2.17. The summed E-state index contributed by atoms with van der Waals surface area (Å²) >= 11 is 0. The van der Waals surface area contributed by atoms with Crippen LogP contribution < -0.4 is 5.32 Å². The van der Waals surface area contributed by atoms with E-state index in [0.29, 0.717) is 19.4 Å². The van der Waals surface area contributed by atoms with Crippen molar-refractivity contribution < 1.29 is 14.4 Å². The van der Waals surface area contributed by atoms with Crippen LogP contribution in [0.1, 0.15) is 36.8 Å². The number of likely N-dealkylation sites (tertiary alicyclic amines) is 1. The summed E-state index contributed by atoms with van der Waals surface area (Å²) in [6, 6.07) is 7.98. The van der Waals surface area contributed by atoms with Crippen LogP contribution in [0.25, 0.3) is 0 Å². The van der Waals surface area contributed by atoms with E-state index in [0.717, 1.165) is 37.2 Å². The molecule has 6 heteroatoms. The lowest BCUT2D eigenvalue weighted by molar-refractivity contribution is -0.132. The molecule has 3 rings (SSSR count). The van der Waals surface area contributed by atoms with Gasteiger partial charge in [0.25, 0.3) is 5.91 Å². The number of rotatable bonds is 5. The Balaban J connectivity index is 1.42. The molecule has 1 saturated heterocycles. The van der Waals surface area contributed by atoms with Gasteiger partial charge in [0.1, 0.15) is 0 Å². The van der Waals surface area contributed by atoms with E-state index in [-0.39, 0.29) is 11.8 Å². The van der Waals surface area contributed by atoms with Crippen molar-refractivity contribution in [2.75, 3.05) is 19.6 Å². The molecular weight excluding hydrogens is 306 g/mol. The van der Waals surface area contributed by atoms with Crippen molar-refractivity contribution in [1.29, 1.82) is 0 Å². The number of carbonyl (C=O) groups is 2. The molecule has 1 fully saturated rings. The molecule has 1 aromatic rings. The minimum absolute atomic E-state index is 0.108. The first-order valence-electron chi connectivity index (χ1n) is 8.49. The smallest absolute Gasteiger partial charge is 0.264 e. The zero-order valence-corrected chi connectivity index (χ0v) is 14.0. The standard InChI is InChI=1S/C18H23N3O3/c1-13-4-6-14(7-5-13)15-12-16(24-20-15)18(23)19-9-8-17(22)21-10-2-3-11-21/h4-7,16H,2-3,8-12H2,1H3,(H,19,23). The molecule has 0 spiro atoms. The highest BCUT2D eigenvalue weighted by Gasteiger charge is 2.28. The van der Waals surface area contributed by atoms with Crippen molar-refractivity contribution in [3.05, 3.63) is 35.4 Å². The summed E-state index contributed by atoms with van der Waals surface area (Å²) < 4.78 is 0. The molecule has 24 heavy (non-hydrogen) atoms. The first-order chi connectivity index (χ1) is 11.6. The lowest BCUT2D eigenvalue weighted by Gasteiger charge is -2.15. The van der Waals surface area contributed by atoms with Crippen LogP contribution in [0.5, 0.6) is 0 Å². The van der Waals surface area contributed by atoms with Gasteiger partial charge in [0.2, 0.25) is 12.0 Å². The number of carbonyl (C=O) groups excluding carboxylic acids is 2. The molecule has 0 aliphatic carbocycles. The molecule has 0 saturated carbocycles. The van der Waals surface area contributed by atoms with Crippen LogP contribution in [0, 0.1) is 6.92 Å². The third-order valence-electron chi connectivity index (χ3n) is 4.44. The Hall–Kier alpha value is -2.37. The Bertz CT molecular complexity index is 633. The second-order valence-electron chi connectivity index (χ2n) is 6.33. The molecule has 1 aromatic carbocycles. The SMILES string of the molecule is Cc1ccc(C2=NOC(C(=O)NCCC(=O)N3CCCC3)C2)cc1. The van der Waals surface area contributed by atoms with E-state index in [4.69, 9.17) is 4.84 Å². The Kier molecular flexibility index (Phi) is 5.13. The number of aryl methyl sites for hydroxylation is 1. The normalized spacial score (nSPS) is 19.8. The van der Waals surface area contributed by atoms with Crippen LogP contribution in [-0.4, -0.2) is 48.2 Å². The molecule has 2 aliphatic heterocycles. The van der Waals surface area contributed by atoms with Crippen LogP contribution in [0.2, 0.25) is 0 Å². The van der Waals surface area contributed by atoms with E-state index >= 15 is 0 Å². The van der Waals surface area contributed by atoms with Crippen molar-refractivity contribution in [3.8, 4) is 0 Å². The van der Waals surface area contributed by atoms with E-state index in [1.165, 1.54) is 5.56 Å². The molecule has 0 radical (unpaired) electrons. The maximum atomic E-state index is 12.1. The van der Waals surface area contributed by atoms with Gasteiger partial charge in [-0.2, -0.15) is 0 Å². The van der Waals surface area contributed by atoms with Gasteiger partial charge < -0.3 is 15.1 Å². The summed E-state index contributed by atoms with van der Waals surface area (Å²) in [4.78, 5) is 31.2. The van der Waals surface area contributed by atoms with Gasteiger partial charge in [0.05, 0.1) is 5.71 Å². The average molecular weight is 329 g/mol. The maximum absolute atomic E-state index is 12.1. The van der Waals surface area contributed by atoms with Crippen LogP contribution in [0.15, 0.2) is 29.4 Å². The fourth-order valence-corrected chi connectivity index (χ4v) is 2.97. The van der Waals surface area contributed by atoms with Crippen molar-refractivity contribution in [1.82, 2.24) is 10.2 Å². The number of benzene rings is 1. The first-order valence-corrected chi connectivity index (χ1v) is 8.49. The van der Waals surface area contributed by atoms with Crippen LogP contribution in [0.4, 0.5) is 0 Å². The van der Waals surface area contributed by atoms with Crippen molar-refractivity contribution in [2.45, 2.75) is 38.7 Å². The van der Waals surface area contributed by atoms with E-state index in [9.17, 15) is 9.59 Å². The van der Waals surface area contributed by atoms with Gasteiger partial charge in [-0.3, -0.25) is 9.59 Å². The summed E-state index contributed by atoms with van der Waals surface area (Å²) in [6.45, 7) is 4.04. The third kappa shape index (κ3) is 3.93. The minimum Gasteiger partial charge on any atom is -0.382 e. The second kappa shape index (κ2) is 7.47. The van der Waals surface area contributed by atoms with E-state index in [1.54, 1.807) is 0 Å². The Morgan fingerprint density at radius 1 is 1.25 bits per heavy atom. The largest absolute Gasteiger partial charge is 0.382 e. The van der Waals surface area contributed by atoms with Crippen molar-refractivity contribution in [2.24, 2.45) is 5.16 Å². The van der Waals surface area contributed by atoms with E-state index in [1.807, 2.05) is 36.1 Å². The number of nitrogens with zero attached hydrogens (tertiary/aromatic N) is 2. The molecule has 0 aromatic heterocycles. The van der Waals surface area contributed by atoms with Crippen molar-refractivity contribution in [3.63, 3.8) is 0 Å². The zero-order chi connectivity index (χ0) is 16.9. The lowest BCUT2D eigenvalue weighted by Crippen LogP contribution is -2.37. The molecule has 1 unspecified atom stereocenters. The molecule has 6 nitrogen and oxygen atoms in total. The Labute approximate surface area is 141 Å². The summed E-state index contributed by atoms with van der Waals surface area (Å²) in [6.07, 6.45) is 2.34. The summed E-state index contributed by atoms with van der Waals surface area (Å²) in [5, 5.41) is 6.80. The Morgan fingerprint density at radius 2 is 1.96 bits per heavy atom. The molecule has 2 amide bonds. The van der Waals surface area contributed by atoms with Crippen LogP contribution >= 0.6 is 0 Å². The predicted octanol–water partition coefficient (Wildman–Crippen LogP) is 1.62. The zero-order valence-electron chi connectivity index (χ0n) is 14.0. The van der Waals surface area contributed by atoms with Gasteiger partial charge in [-0.05, 0) is 25.3 Å². The fourth-order valence-electron chi connectivity index (χ4n) is 2.97. The fraction of sp³-hybridized carbons (Fsp3) is 0.500. The average Bonchev–Trinajstić information content (AvgIpc) is 3.27. The quantitative estimate of drug-likeness (QED) is 0.892. The van der Waals surface area contributed by atoms with E-state index < -0.39 is 6.10 Å². The van der Waals surface area contributed by atoms with Gasteiger partial charge in [0.15, 0.2) is 0 Å². The minimum atomic E-state index is -0.608. The highest BCUT2D eigenvalue weighted by atomic mass is 16.6. The third-order valence-corrected chi connectivity index (χ3v) is 4.44. The summed E-state index contributed by atoms with van der Waals surface area (Å²) in [7, 11) is 0. The maximum Gasteiger partial charge on any atom is 0.264 e. The van der Waals surface area contributed by atoms with Gasteiger partial charge in [0, 0.05) is 32.5 Å². The number of hydrogen-bond donors (Lipinski definition) is 1. The highest BCUT2D eigenvalue weighted by molar-refractivity contribution is 6.04. The Morgan fingerprint density at radius 3 is 2.67 bits per heavy atom. The summed E-state index contributed by atoms with van der Waals surface area (Å²) in [5.41, 5.74) is 2.93. The van der Waals surface area contributed by atoms with Crippen LogP contribution in [0.3, 0.4) is 0 Å². The molecule has 2 aliphatic rings. The number of oxime groups is 1. The lowest BCUT2D eigenvalue weighted by atomic mass is 10.0. The monoisotopic (exact) mass is 329 g/mol.